The molecule has 1 N–H and O–H groups in total. The van der Waals surface area contributed by atoms with Gasteiger partial charge in [-0.05, 0) is 48.7 Å². The van der Waals surface area contributed by atoms with E-state index in [9.17, 15) is 4.79 Å². The zero-order valence-corrected chi connectivity index (χ0v) is 18.0. The Labute approximate surface area is 176 Å². The van der Waals surface area contributed by atoms with Crippen molar-refractivity contribution >= 4 is 21.8 Å². The highest BCUT2D eigenvalue weighted by atomic mass is 79.9. The maximum Gasteiger partial charge on any atom is 0.230 e. The largest absolute Gasteiger partial charge is 0.351 e. The lowest BCUT2D eigenvalue weighted by Crippen LogP contribution is -2.43. The number of nitrogens with one attached hydrogen (secondary N) is 1. The van der Waals surface area contributed by atoms with E-state index in [0.29, 0.717) is 6.54 Å². The number of likely N-dealkylation sites (N-methyl/N-ethyl adjacent to an activating group) is 1. The van der Waals surface area contributed by atoms with E-state index in [0.717, 1.165) is 55.6 Å². The summed E-state index contributed by atoms with van der Waals surface area (Å²) in [5.74, 6) is 0.148. The summed E-state index contributed by atoms with van der Waals surface area (Å²) in [6, 6.07) is 16.8. The van der Waals surface area contributed by atoms with E-state index in [2.05, 4.69) is 74.5 Å². The van der Waals surface area contributed by atoms with E-state index in [1.54, 1.807) is 0 Å². The van der Waals surface area contributed by atoms with Crippen molar-refractivity contribution in [2.45, 2.75) is 31.3 Å². The van der Waals surface area contributed by atoms with Crippen LogP contribution in [0, 0.1) is 0 Å². The standard InChI is InChI=1S/C23H28BrN3O/c1-26-10-12-27(13-11-26)17-19-5-2-4-18(14-19)16-25-22(28)23(8-9-23)20-6-3-7-21(24)15-20/h2-7,14-15H,8-13,16-17H2,1H3,(H,25,28). The summed E-state index contributed by atoms with van der Waals surface area (Å²) in [7, 11) is 2.18. The fourth-order valence-corrected chi connectivity index (χ4v) is 4.41. The van der Waals surface area contributed by atoms with Gasteiger partial charge in [0.2, 0.25) is 5.91 Å². The van der Waals surface area contributed by atoms with Crippen molar-refractivity contribution in [3.63, 3.8) is 0 Å². The zero-order chi connectivity index (χ0) is 19.6. The number of halogens is 1. The molecular formula is C23H28BrN3O. The average Bonchev–Trinajstić information content (AvgIpc) is 3.50. The first-order valence-electron chi connectivity index (χ1n) is 10.1. The molecule has 1 aliphatic carbocycles. The van der Waals surface area contributed by atoms with Crippen molar-refractivity contribution in [3.05, 3.63) is 69.7 Å². The predicted octanol–water partition coefficient (Wildman–Crippen LogP) is 3.54. The molecule has 0 aromatic heterocycles. The molecule has 2 aromatic carbocycles. The van der Waals surface area contributed by atoms with Crippen LogP contribution in [0.5, 0.6) is 0 Å². The molecule has 1 saturated heterocycles. The summed E-state index contributed by atoms with van der Waals surface area (Å²) in [4.78, 5) is 17.8. The van der Waals surface area contributed by atoms with Gasteiger partial charge in [-0.15, -0.1) is 0 Å². The molecule has 0 bridgehead atoms. The van der Waals surface area contributed by atoms with Gasteiger partial charge >= 0.3 is 0 Å². The van der Waals surface area contributed by atoms with Crippen LogP contribution in [0.15, 0.2) is 53.0 Å². The second kappa shape index (κ2) is 8.36. The van der Waals surface area contributed by atoms with Crippen molar-refractivity contribution in [2.75, 3.05) is 33.2 Å². The molecule has 1 heterocycles. The third kappa shape index (κ3) is 4.48. The van der Waals surface area contributed by atoms with Gasteiger partial charge in [-0.3, -0.25) is 9.69 Å². The van der Waals surface area contributed by atoms with Crippen molar-refractivity contribution < 1.29 is 4.79 Å². The van der Waals surface area contributed by atoms with Gasteiger partial charge in [0, 0.05) is 43.7 Å². The van der Waals surface area contributed by atoms with Crippen LogP contribution in [-0.2, 0) is 23.3 Å². The maximum absolute atomic E-state index is 12.9. The van der Waals surface area contributed by atoms with E-state index in [-0.39, 0.29) is 11.3 Å². The fraction of sp³-hybridized carbons (Fsp3) is 0.435. The van der Waals surface area contributed by atoms with Gasteiger partial charge < -0.3 is 10.2 Å². The van der Waals surface area contributed by atoms with Gasteiger partial charge in [-0.25, -0.2) is 0 Å². The van der Waals surface area contributed by atoms with E-state index >= 15 is 0 Å². The van der Waals surface area contributed by atoms with Crippen LogP contribution in [0.1, 0.15) is 29.5 Å². The third-order valence-electron chi connectivity index (χ3n) is 6.01. The number of nitrogens with zero attached hydrogens (tertiary/aromatic N) is 2. The molecule has 1 aliphatic heterocycles. The molecule has 0 unspecified atom stereocenters. The number of carbonyl (C=O) groups excluding carboxylic acids is 1. The van der Waals surface area contributed by atoms with Crippen LogP contribution >= 0.6 is 15.9 Å². The van der Waals surface area contributed by atoms with Gasteiger partial charge in [0.05, 0.1) is 5.41 Å². The Hall–Kier alpha value is -1.69. The SMILES string of the molecule is CN1CCN(Cc2cccc(CNC(=O)C3(c4cccc(Br)c4)CC3)c2)CC1. The molecule has 4 nitrogen and oxygen atoms in total. The topological polar surface area (TPSA) is 35.6 Å². The number of benzene rings is 2. The molecular weight excluding hydrogens is 414 g/mol. The van der Waals surface area contributed by atoms with Gasteiger partial charge in [0.25, 0.3) is 0 Å². The van der Waals surface area contributed by atoms with Gasteiger partial charge in [-0.2, -0.15) is 0 Å². The highest BCUT2D eigenvalue weighted by Crippen LogP contribution is 2.48. The number of hydrogen-bond acceptors (Lipinski definition) is 3. The summed E-state index contributed by atoms with van der Waals surface area (Å²) in [6.07, 6.45) is 1.86. The summed E-state index contributed by atoms with van der Waals surface area (Å²) < 4.78 is 1.03. The van der Waals surface area contributed by atoms with E-state index in [4.69, 9.17) is 0 Å². The Morgan fingerprint density at radius 3 is 2.46 bits per heavy atom. The van der Waals surface area contributed by atoms with E-state index in [1.165, 1.54) is 11.1 Å². The molecule has 148 valence electrons. The first kappa shape index (κ1) is 19.6. The Kier molecular flexibility index (Phi) is 5.85. The average molecular weight is 442 g/mol. The van der Waals surface area contributed by atoms with Gasteiger partial charge in [0.15, 0.2) is 0 Å². The van der Waals surface area contributed by atoms with Crippen LogP contribution in [0.25, 0.3) is 0 Å². The minimum absolute atomic E-state index is 0.148. The maximum atomic E-state index is 12.9. The lowest BCUT2D eigenvalue weighted by Gasteiger charge is -2.32. The second-order valence-corrected chi connectivity index (χ2v) is 9.09. The molecule has 0 atom stereocenters. The molecule has 5 heteroatoms. The van der Waals surface area contributed by atoms with Crippen LogP contribution < -0.4 is 5.32 Å². The molecule has 0 radical (unpaired) electrons. The third-order valence-corrected chi connectivity index (χ3v) is 6.50. The van der Waals surface area contributed by atoms with E-state index in [1.807, 2.05) is 12.1 Å². The summed E-state index contributed by atoms with van der Waals surface area (Å²) >= 11 is 3.52. The van der Waals surface area contributed by atoms with Crippen LogP contribution in [-0.4, -0.2) is 48.9 Å². The van der Waals surface area contributed by atoms with Crippen LogP contribution in [0.3, 0.4) is 0 Å². The van der Waals surface area contributed by atoms with Crippen molar-refractivity contribution in [2.24, 2.45) is 0 Å². The van der Waals surface area contributed by atoms with Gasteiger partial charge in [-0.1, -0.05) is 52.3 Å². The summed E-state index contributed by atoms with van der Waals surface area (Å²) in [6.45, 7) is 6.07. The highest BCUT2D eigenvalue weighted by molar-refractivity contribution is 9.10. The quantitative estimate of drug-likeness (QED) is 0.744. The second-order valence-electron chi connectivity index (χ2n) is 8.17. The molecule has 28 heavy (non-hydrogen) atoms. The Morgan fingerprint density at radius 1 is 1.04 bits per heavy atom. The minimum Gasteiger partial charge on any atom is -0.351 e. The number of amides is 1. The molecule has 2 aliphatic rings. The highest BCUT2D eigenvalue weighted by Gasteiger charge is 2.51. The monoisotopic (exact) mass is 441 g/mol. The Balaban J connectivity index is 1.35. The van der Waals surface area contributed by atoms with Crippen molar-refractivity contribution in [3.8, 4) is 0 Å². The predicted molar refractivity (Wildman–Crippen MR) is 116 cm³/mol. The number of piperazine rings is 1. The zero-order valence-electron chi connectivity index (χ0n) is 16.5. The van der Waals surface area contributed by atoms with Crippen LogP contribution in [0.4, 0.5) is 0 Å². The molecule has 0 spiro atoms. The normalized spacial score (nSPS) is 19.4. The Morgan fingerprint density at radius 2 is 1.75 bits per heavy atom. The molecule has 1 saturated carbocycles. The Bertz CT molecular complexity index is 841. The number of rotatable bonds is 6. The molecule has 4 rings (SSSR count). The summed E-state index contributed by atoms with van der Waals surface area (Å²) in [5.41, 5.74) is 3.28. The lowest BCUT2D eigenvalue weighted by molar-refractivity contribution is -0.123. The fourth-order valence-electron chi connectivity index (χ4n) is 4.01. The van der Waals surface area contributed by atoms with Crippen molar-refractivity contribution in [1.29, 1.82) is 0 Å². The van der Waals surface area contributed by atoms with Gasteiger partial charge in [0.1, 0.15) is 0 Å². The first-order chi connectivity index (χ1) is 13.5. The summed E-state index contributed by atoms with van der Waals surface area (Å²) in [5, 5.41) is 3.18. The molecule has 1 amide bonds. The minimum atomic E-state index is -0.332. The van der Waals surface area contributed by atoms with Crippen molar-refractivity contribution in [1.82, 2.24) is 15.1 Å². The molecule has 2 aromatic rings. The lowest BCUT2D eigenvalue weighted by atomic mass is 9.95. The molecule has 2 fully saturated rings. The number of carbonyl (C=O) groups is 1. The van der Waals surface area contributed by atoms with E-state index < -0.39 is 0 Å². The number of hydrogen-bond donors (Lipinski definition) is 1. The first-order valence-corrected chi connectivity index (χ1v) is 10.9. The van der Waals surface area contributed by atoms with Crippen LogP contribution in [0.2, 0.25) is 0 Å². The smallest absolute Gasteiger partial charge is 0.230 e.